The van der Waals surface area contributed by atoms with Crippen LogP contribution >= 0.6 is 0 Å². The van der Waals surface area contributed by atoms with Crippen molar-refractivity contribution in [3.05, 3.63) is 112 Å². The van der Waals surface area contributed by atoms with Crippen LogP contribution in [-0.4, -0.2) is 33.1 Å². The molecule has 3 aromatic carbocycles. The molecule has 0 aromatic heterocycles. The van der Waals surface area contributed by atoms with Gasteiger partial charge < -0.3 is 14.2 Å². The number of hydrogen-bond acceptors (Lipinski definition) is 4. The highest BCUT2D eigenvalue weighted by Crippen LogP contribution is 2.42. The first-order valence-corrected chi connectivity index (χ1v) is 13.2. The van der Waals surface area contributed by atoms with Crippen molar-refractivity contribution in [1.82, 2.24) is 0 Å². The summed E-state index contributed by atoms with van der Waals surface area (Å²) >= 11 is 0. The van der Waals surface area contributed by atoms with Gasteiger partial charge in [-0.3, -0.25) is 0 Å². The molecule has 1 aliphatic carbocycles. The van der Waals surface area contributed by atoms with Crippen molar-refractivity contribution in [1.29, 1.82) is 0 Å². The molecule has 0 heterocycles. The maximum Gasteiger partial charge on any atom is 0.338 e. The normalized spacial score (nSPS) is 14.7. The Bertz CT molecular complexity index is 1320. The summed E-state index contributed by atoms with van der Waals surface area (Å²) in [6.45, 7) is 8.89. The number of fused-ring (bicyclic) bond motifs is 1. The van der Waals surface area contributed by atoms with Gasteiger partial charge in [0, 0.05) is 20.6 Å². The molecule has 3 aromatic rings. The van der Waals surface area contributed by atoms with Crippen molar-refractivity contribution in [3.63, 3.8) is 0 Å². The summed E-state index contributed by atoms with van der Waals surface area (Å²) in [5, 5.41) is 0. The van der Waals surface area contributed by atoms with E-state index in [9.17, 15) is 4.79 Å². The molecule has 198 valence electrons. The molecule has 4 heteroatoms. The summed E-state index contributed by atoms with van der Waals surface area (Å²) in [5.41, 5.74) is 10.2. The number of carbonyl (C=O) groups excluding carboxylic acids is 1. The van der Waals surface area contributed by atoms with Crippen molar-refractivity contribution in [3.8, 4) is 0 Å². The van der Waals surface area contributed by atoms with Gasteiger partial charge in [0.2, 0.25) is 0 Å². The maximum atomic E-state index is 12.2. The van der Waals surface area contributed by atoms with Crippen LogP contribution in [0, 0.1) is 6.92 Å². The Kier molecular flexibility index (Phi) is 8.65. The molecule has 4 nitrogen and oxygen atoms in total. The Hall–Kier alpha value is -3.47. The number of carbonyl (C=O) groups is 1. The van der Waals surface area contributed by atoms with Crippen LogP contribution in [0.25, 0.3) is 17.2 Å². The highest BCUT2D eigenvalue weighted by atomic mass is 16.7. The van der Waals surface area contributed by atoms with Gasteiger partial charge in [-0.05, 0) is 82.8 Å². The molecule has 1 aliphatic rings. The lowest BCUT2D eigenvalue weighted by atomic mass is 9.72. The molecular weight excluding hydrogens is 472 g/mol. The number of ether oxygens (including phenoxy) is 3. The van der Waals surface area contributed by atoms with Crippen LogP contribution in [0.4, 0.5) is 0 Å². The molecule has 0 bridgehead atoms. The minimum Gasteiger partial charge on any atom is -0.462 e. The average Bonchev–Trinajstić information content (AvgIpc) is 2.92. The van der Waals surface area contributed by atoms with E-state index in [1.807, 2.05) is 31.2 Å². The van der Waals surface area contributed by atoms with Crippen LogP contribution in [0.3, 0.4) is 0 Å². The average molecular weight is 511 g/mol. The third-order valence-electron chi connectivity index (χ3n) is 7.26. The number of rotatable bonds is 9. The molecule has 0 amide bonds. The Morgan fingerprint density at radius 2 is 1.61 bits per heavy atom. The van der Waals surface area contributed by atoms with E-state index in [4.69, 9.17) is 14.2 Å². The third-order valence-corrected chi connectivity index (χ3v) is 7.26. The minimum atomic E-state index is -0.384. The van der Waals surface area contributed by atoms with Crippen LogP contribution in [0.2, 0.25) is 0 Å². The predicted molar refractivity (Wildman–Crippen MR) is 155 cm³/mol. The second-order valence-electron chi connectivity index (χ2n) is 10.4. The van der Waals surface area contributed by atoms with Crippen molar-refractivity contribution in [2.24, 2.45) is 0 Å². The molecule has 0 atom stereocenters. The monoisotopic (exact) mass is 510 g/mol. The summed E-state index contributed by atoms with van der Waals surface area (Å²) in [6, 6.07) is 23.1. The van der Waals surface area contributed by atoms with Crippen LogP contribution in [0.5, 0.6) is 0 Å². The Labute approximate surface area is 227 Å². The van der Waals surface area contributed by atoms with E-state index >= 15 is 0 Å². The Morgan fingerprint density at radius 3 is 2.24 bits per heavy atom. The number of benzene rings is 3. The number of methoxy groups -OCH3 is 2. The number of hydrogen-bond donors (Lipinski definition) is 0. The van der Waals surface area contributed by atoms with E-state index in [1.165, 1.54) is 27.8 Å². The predicted octanol–water partition coefficient (Wildman–Crippen LogP) is 7.83. The summed E-state index contributed by atoms with van der Waals surface area (Å²) in [6.07, 6.45) is 5.75. The van der Waals surface area contributed by atoms with E-state index in [2.05, 4.69) is 75.4 Å². The highest BCUT2D eigenvalue weighted by Gasteiger charge is 2.28. The Balaban J connectivity index is 1.77. The first kappa shape index (κ1) is 27.6. The maximum absolute atomic E-state index is 12.2. The SMILES string of the molecule is CCOC(=O)c1ccc(C(=Cc2ccc3c(c2)C(c2ccc(C)cc2)=CCC3(C)C)CC(OC)OC)cc1. The fourth-order valence-corrected chi connectivity index (χ4v) is 4.99. The van der Waals surface area contributed by atoms with E-state index in [0.717, 1.165) is 23.1 Å². The molecule has 0 saturated heterocycles. The van der Waals surface area contributed by atoms with Gasteiger partial charge >= 0.3 is 5.97 Å². The zero-order valence-corrected chi connectivity index (χ0v) is 23.3. The quantitative estimate of drug-likeness (QED) is 0.167. The zero-order chi connectivity index (χ0) is 27.3. The fraction of sp³-hybridized carbons (Fsp3) is 0.324. The molecular formula is C34H38O4. The van der Waals surface area contributed by atoms with Gasteiger partial charge in [0.25, 0.3) is 0 Å². The van der Waals surface area contributed by atoms with Gasteiger partial charge in [-0.2, -0.15) is 0 Å². The topological polar surface area (TPSA) is 44.8 Å². The lowest BCUT2D eigenvalue weighted by Gasteiger charge is -2.32. The second-order valence-corrected chi connectivity index (χ2v) is 10.4. The van der Waals surface area contributed by atoms with Gasteiger partial charge in [-0.15, -0.1) is 0 Å². The number of allylic oxidation sites excluding steroid dienone is 1. The number of aryl methyl sites for hydroxylation is 1. The smallest absolute Gasteiger partial charge is 0.338 e. The third kappa shape index (κ3) is 6.15. The Morgan fingerprint density at radius 1 is 0.947 bits per heavy atom. The summed E-state index contributed by atoms with van der Waals surface area (Å²) < 4.78 is 16.2. The standard InChI is InChI=1S/C34H38O4/c1-7-38-33(35)27-15-13-25(14-16-27)28(22-32(36-5)37-6)20-24-10-17-31-30(21-24)29(18-19-34(31,3)4)26-11-8-23(2)9-12-26/h8-18,20-21,32H,7,19,22H2,1-6H3. The first-order chi connectivity index (χ1) is 18.2. The fourth-order valence-electron chi connectivity index (χ4n) is 4.99. The summed E-state index contributed by atoms with van der Waals surface area (Å²) in [5.74, 6) is -0.316. The van der Waals surface area contributed by atoms with E-state index in [0.29, 0.717) is 18.6 Å². The second kappa shape index (κ2) is 11.9. The highest BCUT2D eigenvalue weighted by molar-refractivity contribution is 5.91. The van der Waals surface area contributed by atoms with Crippen LogP contribution < -0.4 is 0 Å². The largest absolute Gasteiger partial charge is 0.462 e. The van der Waals surface area contributed by atoms with Crippen LogP contribution in [0.1, 0.15) is 77.4 Å². The zero-order valence-electron chi connectivity index (χ0n) is 23.3. The van der Waals surface area contributed by atoms with Crippen LogP contribution in [0.15, 0.2) is 72.8 Å². The van der Waals surface area contributed by atoms with E-state index in [-0.39, 0.29) is 17.7 Å². The van der Waals surface area contributed by atoms with Gasteiger partial charge in [-0.25, -0.2) is 4.79 Å². The van der Waals surface area contributed by atoms with Crippen LogP contribution in [-0.2, 0) is 19.6 Å². The molecule has 4 rings (SSSR count). The molecule has 0 saturated carbocycles. The molecule has 0 N–H and O–H groups in total. The molecule has 0 spiro atoms. The summed E-state index contributed by atoms with van der Waals surface area (Å²) in [7, 11) is 3.30. The van der Waals surface area contributed by atoms with E-state index < -0.39 is 0 Å². The number of esters is 1. The van der Waals surface area contributed by atoms with Gasteiger partial charge in [-0.1, -0.05) is 80.1 Å². The minimum absolute atomic E-state index is 0.0642. The van der Waals surface area contributed by atoms with Gasteiger partial charge in [0.15, 0.2) is 6.29 Å². The van der Waals surface area contributed by atoms with Crippen molar-refractivity contribution in [2.45, 2.75) is 52.2 Å². The first-order valence-electron chi connectivity index (χ1n) is 13.2. The molecule has 0 aliphatic heterocycles. The van der Waals surface area contributed by atoms with Crippen molar-refractivity contribution >= 4 is 23.2 Å². The molecule has 38 heavy (non-hydrogen) atoms. The van der Waals surface area contributed by atoms with Gasteiger partial charge in [0.05, 0.1) is 12.2 Å². The molecule has 0 unspecified atom stereocenters. The van der Waals surface area contributed by atoms with Crippen molar-refractivity contribution < 1.29 is 19.0 Å². The lowest BCUT2D eigenvalue weighted by Crippen LogP contribution is -2.22. The van der Waals surface area contributed by atoms with E-state index in [1.54, 1.807) is 14.2 Å². The molecule has 0 radical (unpaired) electrons. The molecule has 0 fully saturated rings. The lowest BCUT2D eigenvalue weighted by molar-refractivity contribution is -0.0970. The van der Waals surface area contributed by atoms with Crippen molar-refractivity contribution in [2.75, 3.05) is 20.8 Å². The summed E-state index contributed by atoms with van der Waals surface area (Å²) in [4.78, 5) is 12.2. The van der Waals surface area contributed by atoms with Gasteiger partial charge in [0.1, 0.15) is 0 Å².